The SMILES string of the molecule is CC1CC(N)CN(Cc2nc(-c3ccccn3)no2)C1. The van der Waals surface area contributed by atoms with Crippen LogP contribution < -0.4 is 5.73 Å². The predicted molar refractivity (Wildman–Crippen MR) is 74.6 cm³/mol. The van der Waals surface area contributed by atoms with Gasteiger partial charge in [0.15, 0.2) is 0 Å². The predicted octanol–water partition coefficient (Wildman–Crippen LogP) is 1.30. The Labute approximate surface area is 118 Å². The molecule has 0 saturated carbocycles. The fourth-order valence-corrected chi connectivity index (χ4v) is 2.75. The van der Waals surface area contributed by atoms with E-state index in [2.05, 4.69) is 26.9 Å². The highest BCUT2D eigenvalue weighted by atomic mass is 16.5. The molecule has 6 nitrogen and oxygen atoms in total. The van der Waals surface area contributed by atoms with Crippen molar-refractivity contribution in [2.24, 2.45) is 11.7 Å². The Hall–Kier alpha value is -1.79. The summed E-state index contributed by atoms with van der Waals surface area (Å²) < 4.78 is 5.31. The molecule has 2 atom stereocenters. The first-order valence-electron chi connectivity index (χ1n) is 6.92. The van der Waals surface area contributed by atoms with Crippen molar-refractivity contribution in [3.8, 4) is 11.5 Å². The first-order valence-corrected chi connectivity index (χ1v) is 6.92. The second-order valence-corrected chi connectivity index (χ2v) is 5.52. The number of pyridine rings is 1. The van der Waals surface area contributed by atoms with Crippen LogP contribution in [0.25, 0.3) is 11.5 Å². The second-order valence-electron chi connectivity index (χ2n) is 5.52. The van der Waals surface area contributed by atoms with Gasteiger partial charge in [0.1, 0.15) is 5.69 Å². The molecule has 2 N–H and O–H groups in total. The Kier molecular flexibility index (Phi) is 3.75. The van der Waals surface area contributed by atoms with Gasteiger partial charge in [-0.05, 0) is 24.5 Å². The third kappa shape index (κ3) is 3.02. The highest BCUT2D eigenvalue weighted by Gasteiger charge is 2.23. The molecular formula is C14H19N5O. The number of nitrogens with zero attached hydrogens (tertiary/aromatic N) is 4. The molecule has 3 heterocycles. The van der Waals surface area contributed by atoms with Crippen LogP contribution in [0.4, 0.5) is 0 Å². The highest BCUT2D eigenvalue weighted by molar-refractivity contribution is 5.46. The zero-order valence-electron chi connectivity index (χ0n) is 11.6. The van der Waals surface area contributed by atoms with Crippen LogP contribution in [0.15, 0.2) is 28.9 Å². The van der Waals surface area contributed by atoms with Crippen LogP contribution in [-0.4, -0.2) is 39.2 Å². The molecule has 0 amide bonds. The van der Waals surface area contributed by atoms with E-state index >= 15 is 0 Å². The maximum atomic E-state index is 6.05. The minimum Gasteiger partial charge on any atom is -0.337 e. The van der Waals surface area contributed by atoms with Gasteiger partial charge in [0.25, 0.3) is 0 Å². The number of hydrogen-bond donors (Lipinski definition) is 1. The van der Waals surface area contributed by atoms with Gasteiger partial charge in [-0.15, -0.1) is 0 Å². The molecule has 20 heavy (non-hydrogen) atoms. The first-order chi connectivity index (χ1) is 9.70. The lowest BCUT2D eigenvalue weighted by Gasteiger charge is -2.33. The number of nitrogens with two attached hydrogens (primary N) is 1. The van der Waals surface area contributed by atoms with Crippen LogP contribution in [-0.2, 0) is 6.54 Å². The van der Waals surface area contributed by atoms with Gasteiger partial charge in [0.05, 0.1) is 6.54 Å². The molecule has 2 aromatic heterocycles. The summed E-state index contributed by atoms with van der Waals surface area (Å²) in [4.78, 5) is 10.9. The second kappa shape index (κ2) is 5.68. The van der Waals surface area contributed by atoms with Crippen molar-refractivity contribution in [1.82, 2.24) is 20.0 Å². The van der Waals surface area contributed by atoms with Crippen LogP contribution in [0.1, 0.15) is 19.2 Å². The van der Waals surface area contributed by atoms with Crippen molar-refractivity contribution in [1.29, 1.82) is 0 Å². The van der Waals surface area contributed by atoms with Crippen LogP contribution in [0, 0.1) is 5.92 Å². The van der Waals surface area contributed by atoms with Crippen molar-refractivity contribution in [2.45, 2.75) is 25.9 Å². The third-order valence-corrected chi connectivity index (χ3v) is 3.49. The molecule has 0 radical (unpaired) electrons. The van der Waals surface area contributed by atoms with Gasteiger partial charge in [-0.25, -0.2) is 0 Å². The third-order valence-electron chi connectivity index (χ3n) is 3.49. The van der Waals surface area contributed by atoms with E-state index in [-0.39, 0.29) is 6.04 Å². The van der Waals surface area contributed by atoms with Crippen molar-refractivity contribution < 1.29 is 4.52 Å². The average molecular weight is 273 g/mol. The summed E-state index contributed by atoms with van der Waals surface area (Å²) in [5.74, 6) is 1.76. The maximum absolute atomic E-state index is 6.05. The van der Waals surface area contributed by atoms with E-state index in [9.17, 15) is 0 Å². The molecule has 2 aromatic rings. The standard InChI is InChI=1S/C14H19N5O/c1-10-6-11(15)8-19(7-10)9-13-17-14(18-20-13)12-4-2-3-5-16-12/h2-5,10-11H,6-9,15H2,1H3. The normalized spacial score (nSPS) is 23.9. The largest absolute Gasteiger partial charge is 0.337 e. The summed E-state index contributed by atoms with van der Waals surface area (Å²) in [7, 11) is 0. The average Bonchev–Trinajstić information content (AvgIpc) is 2.87. The Morgan fingerprint density at radius 1 is 1.40 bits per heavy atom. The Balaban J connectivity index is 1.68. The molecule has 1 aliphatic heterocycles. The molecule has 0 aliphatic carbocycles. The molecule has 3 rings (SSSR count). The van der Waals surface area contributed by atoms with Crippen molar-refractivity contribution in [3.05, 3.63) is 30.3 Å². The van der Waals surface area contributed by atoms with Gasteiger partial charge in [0, 0.05) is 25.3 Å². The van der Waals surface area contributed by atoms with Crippen LogP contribution in [0.2, 0.25) is 0 Å². The number of likely N-dealkylation sites (tertiary alicyclic amines) is 1. The quantitative estimate of drug-likeness (QED) is 0.908. The van der Waals surface area contributed by atoms with E-state index in [4.69, 9.17) is 10.3 Å². The van der Waals surface area contributed by atoms with Crippen LogP contribution >= 0.6 is 0 Å². The molecule has 0 spiro atoms. The lowest BCUT2D eigenvalue weighted by molar-refractivity contribution is 0.142. The van der Waals surface area contributed by atoms with E-state index in [0.29, 0.717) is 24.2 Å². The summed E-state index contributed by atoms with van der Waals surface area (Å²) in [5.41, 5.74) is 6.78. The molecule has 106 valence electrons. The van der Waals surface area contributed by atoms with Crippen LogP contribution in [0.3, 0.4) is 0 Å². The van der Waals surface area contributed by atoms with Gasteiger partial charge in [-0.3, -0.25) is 9.88 Å². The maximum Gasteiger partial charge on any atom is 0.241 e. The molecule has 0 aromatic carbocycles. The van der Waals surface area contributed by atoms with E-state index in [1.54, 1.807) is 6.20 Å². The molecular weight excluding hydrogens is 254 g/mol. The molecule has 2 unspecified atom stereocenters. The Bertz CT molecular complexity index is 546. The fourth-order valence-electron chi connectivity index (χ4n) is 2.75. The van der Waals surface area contributed by atoms with E-state index in [1.807, 2.05) is 18.2 Å². The number of aromatic nitrogens is 3. The van der Waals surface area contributed by atoms with Crippen LogP contribution in [0.5, 0.6) is 0 Å². The molecule has 1 saturated heterocycles. The molecule has 6 heteroatoms. The molecule has 1 fully saturated rings. The van der Waals surface area contributed by atoms with Gasteiger partial charge in [0.2, 0.25) is 11.7 Å². The Morgan fingerprint density at radius 3 is 3.05 bits per heavy atom. The van der Waals surface area contributed by atoms with Gasteiger partial charge >= 0.3 is 0 Å². The minimum atomic E-state index is 0.233. The summed E-state index contributed by atoms with van der Waals surface area (Å²) in [5, 5.41) is 3.98. The highest BCUT2D eigenvalue weighted by Crippen LogP contribution is 2.18. The van der Waals surface area contributed by atoms with E-state index in [0.717, 1.165) is 25.2 Å². The summed E-state index contributed by atoms with van der Waals surface area (Å²) in [6.07, 6.45) is 2.80. The van der Waals surface area contributed by atoms with Gasteiger partial charge in [-0.2, -0.15) is 4.98 Å². The van der Waals surface area contributed by atoms with Gasteiger partial charge < -0.3 is 10.3 Å². The van der Waals surface area contributed by atoms with Gasteiger partial charge in [-0.1, -0.05) is 18.1 Å². The summed E-state index contributed by atoms with van der Waals surface area (Å²) >= 11 is 0. The lowest BCUT2D eigenvalue weighted by Crippen LogP contribution is -2.45. The first kappa shape index (κ1) is 13.2. The summed E-state index contributed by atoms with van der Waals surface area (Å²) in [6, 6.07) is 5.87. The lowest BCUT2D eigenvalue weighted by atomic mass is 9.97. The topological polar surface area (TPSA) is 81.1 Å². The number of piperidine rings is 1. The van der Waals surface area contributed by atoms with Crippen molar-refractivity contribution in [3.63, 3.8) is 0 Å². The summed E-state index contributed by atoms with van der Waals surface area (Å²) in [6.45, 7) is 4.78. The fraction of sp³-hybridized carbons (Fsp3) is 0.500. The smallest absolute Gasteiger partial charge is 0.241 e. The van der Waals surface area contributed by atoms with Crippen molar-refractivity contribution >= 4 is 0 Å². The minimum absolute atomic E-state index is 0.233. The number of hydrogen-bond acceptors (Lipinski definition) is 6. The monoisotopic (exact) mass is 273 g/mol. The Morgan fingerprint density at radius 2 is 2.30 bits per heavy atom. The van der Waals surface area contributed by atoms with Crippen molar-refractivity contribution in [2.75, 3.05) is 13.1 Å². The van der Waals surface area contributed by atoms with E-state index < -0.39 is 0 Å². The van der Waals surface area contributed by atoms with E-state index in [1.165, 1.54) is 0 Å². The molecule has 0 bridgehead atoms. The zero-order valence-corrected chi connectivity index (χ0v) is 11.6. The number of rotatable bonds is 3. The molecule has 1 aliphatic rings. The zero-order chi connectivity index (χ0) is 13.9.